The fourth-order valence-corrected chi connectivity index (χ4v) is 8.33. The van der Waals surface area contributed by atoms with Gasteiger partial charge in [0.1, 0.15) is 13.2 Å². The van der Waals surface area contributed by atoms with Crippen molar-refractivity contribution in [2.45, 2.75) is 271 Å². The van der Waals surface area contributed by atoms with E-state index in [0.29, 0.717) is 25.7 Å². The van der Waals surface area contributed by atoms with Gasteiger partial charge in [0.05, 0.1) is 0 Å². The van der Waals surface area contributed by atoms with Gasteiger partial charge in [0, 0.05) is 19.3 Å². The second kappa shape index (κ2) is 65.5. The van der Waals surface area contributed by atoms with Gasteiger partial charge in [-0.2, -0.15) is 0 Å². The standard InChI is InChI=1S/C73H116O6/c1-4-7-10-13-16-19-22-25-28-29-30-31-32-33-34-35-36-37-38-39-40-41-42-43-46-48-51-54-57-60-63-66-72(75)78-69-70(79-73(76)67-64-61-58-55-52-49-45-27-24-21-18-15-12-9-6-3)68-77-71(74)65-62-59-56-53-50-47-44-26-23-20-17-14-11-8-5-2/h7-12,16-21,25-28,30-31,33-34,44-45,50,52-53,55,70H,4-6,13-15,22-24,29,32,35-43,46-49,51,54,56-69H2,1-3H3/b10-7-,11-8-,12-9-,19-16-,20-17-,21-18-,28-25-,31-30-,34-33-,44-26-,45-27-,53-50-,55-52-. The van der Waals surface area contributed by atoms with Crippen molar-refractivity contribution in [1.29, 1.82) is 0 Å². The average molecular weight is 1090 g/mol. The van der Waals surface area contributed by atoms with E-state index in [1.165, 1.54) is 83.5 Å². The van der Waals surface area contributed by atoms with Crippen molar-refractivity contribution in [1.82, 2.24) is 0 Å². The van der Waals surface area contributed by atoms with Crippen molar-refractivity contribution < 1.29 is 28.6 Å². The van der Waals surface area contributed by atoms with Crippen molar-refractivity contribution >= 4 is 17.9 Å². The highest BCUT2D eigenvalue weighted by atomic mass is 16.6. The van der Waals surface area contributed by atoms with E-state index in [1.54, 1.807) is 0 Å². The minimum Gasteiger partial charge on any atom is -0.462 e. The molecule has 1 atom stereocenters. The zero-order valence-electron chi connectivity index (χ0n) is 50.8. The molecule has 1 unspecified atom stereocenters. The normalized spacial score (nSPS) is 13.2. The van der Waals surface area contributed by atoms with E-state index in [0.717, 1.165) is 128 Å². The number of ether oxygens (including phenoxy) is 3. The van der Waals surface area contributed by atoms with E-state index in [2.05, 4.69) is 179 Å². The second-order valence-corrected chi connectivity index (χ2v) is 20.5. The Balaban J connectivity index is 4.31. The molecule has 6 heteroatoms. The molecule has 0 N–H and O–H groups in total. The molecule has 0 aliphatic carbocycles. The predicted octanol–water partition coefficient (Wildman–Crippen LogP) is 22.1. The van der Waals surface area contributed by atoms with Crippen LogP contribution in [-0.4, -0.2) is 37.2 Å². The van der Waals surface area contributed by atoms with Gasteiger partial charge in [-0.05, 0) is 141 Å². The van der Waals surface area contributed by atoms with Gasteiger partial charge in [0.2, 0.25) is 0 Å². The van der Waals surface area contributed by atoms with Gasteiger partial charge in [-0.3, -0.25) is 14.4 Å². The predicted molar refractivity (Wildman–Crippen MR) is 343 cm³/mol. The number of esters is 3. The summed E-state index contributed by atoms with van der Waals surface area (Å²) >= 11 is 0. The van der Waals surface area contributed by atoms with E-state index < -0.39 is 6.10 Å². The minimum atomic E-state index is -0.824. The number of hydrogen-bond donors (Lipinski definition) is 0. The van der Waals surface area contributed by atoms with Crippen LogP contribution in [0.15, 0.2) is 158 Å². The zero-order chi connectivity index (χ0) is 57.1. The first kappa shape index (κ1) is 74.0. The lowest BCUT2D eigenvalue weighted by Crippen LogP contribution is -2.30. The van der Waals surface area contributed by atoms with Crippen LogP contribution in [0.4, 0.5) is 0 Å². The maximum absolute atomic E-state index is 12.9. The van der Waals surface area contributed by atoms with Crippen LogP contribution in [0.1, 0.15) is 265 Å². The van der Waals surface area contributed by atoms with Gasteiger partial charge in [-0.25, -0.2) is 0 Å². The van der Waals surface area contributed by atoms with Gasteiger partial charge in [0.15, 0.2) is 6.10 Å². The van der Waals surface area contributed by atoms with Crippen LogP contribution in [0.5, 0.6) is 0 Å². The fourth-order valence-electron chi connectivity index (χ4n) is 8.33. The second-order valence-electron chi connectivity index (χ2n) is 20.5. The van der Waals surface area contributed by atoms with Crippen LogP contribution in [0.2, 0.25) is 0 Å². The average Bonchev–Trinajstić information content (AvgIpc) is 3.45. The molecule has 6 nitrogen and oxygen atoms in total. The van der Waals surface area contributed by atoms with E-state index in [4.69, 9.17) is 14.2 Å². The molecule has 79 heavy (non-hydrogen) atoms. The lowest BCUT2D eigenvalue weighted by Gasteiger charge is -2.18. The van der Waals surface area contributed by atoms with Gasteiger partial charge in [-0.1, -0.05) is 262 Å². The lowest BCUT2D eigenvalue weighted by atomic mass is 10.0. The number of unbranched alkanes of at least 4 members (excludes halogenated alkanes) is 19. The summed E-state index contributed by atoms with van der Waals surface area (Å²) in [5.41, 5.74) is 0. The monoisotopic (exact) mass is 1090 g/mol. The highest BCUT2D eigenvalue weighted by molar-refractivity contribution is 5.71. The fraction of sp³-hybridized carbons (Fsp3) is 0.603. The quantitative estimate of drug-likeness (QED) is 0.0261. The van der Waals surface area contributed by atoms with Crippen molar-refractivity contribution in [3.8, 4) is 0 Å². The lowest BCUT2D eigenvalue weighted by molar-refractivity contribution is -0.167. The summed E-state index contributed by atoms with van der Waals surface area (Å²) < 4.78 is 16.8. The number of allylic oxidation sites excluding steroid dienone is 26. The highest BCUT2D eigenvalue weighted by Gasteiger charge is 2.19. The molecule has 0 rings (SSSR count). The molecule has 0 aromatic rings. The molecular weight excluding hydrogens is 973 g/mol. The van der Waals surface area contributed by atoms with Gasteiger partial charge >= 0.3 is 17.9 Å². The zero-order valence-corrected chi connectivity index (χ0v) is 50.8. The summed E-state index contributed by atoms with van der Waals surface area (Å²) in [7, 11) is 0. The third-order valence-corrected chi connectivity index (χ3v) is 13.0. The maximum atomic E-state index is 12.9. The summed E-state index contributed by atoms with van der Waals surface area (Å²) in [6.45, 7) is 6.22. The molecule has 0 bridgehead atoms. The highest BCUT2D eigenvalue weighted by Crippen LogP contribution is 2.15. The summed E-state index contributed by atoms with van der Waals surface area (Å²) in [5.74, 6) is -1.00. The Morgan fingerprint density at radius 2 is 0.456 bits per heavy atom. The topological polar surface area (TPSA) is 78.9 Å². The first-order valence-electron chi connectivity index (χ1n) is 32.0. The molecule has 0 spiro atoms. The van der Waals surface area contributed by atoms with E-state index >= 15 is 0 Å². The molecule has 0 radical (unpaired) electrons. The van der Waals surface area contributed by atoms with Crippen LogP contribution in [-0.2, 0) is 28.6 Å². The Hall–Kier alpha value is -4.97. The molecule has 0 saturated heterocycles. The van der Waals surface area contributed by atoms with E-state index in [9.17, 15) is 14.4 Å². The molecular formula is C73H116O6. The van der Waals surface area contributed by atoms with Crippen LogP contribution in [0.3, 0.4) is 0 Å². The Bertz CT molecular complexity index is 1780. The summed E-state index contributed by atoms with van der Waals surface area (Å²) in [6, 6.07) is 0. The van der Waals surface area contributed by atoms with Crippen molar-refractivity contribution in [3.63, 3.8) is 0 Å². The van der Waals surface area contributed by atoms with Gasteiger partial charge < -0.3 is 14.2 Å². The Morgan fingerprint density at radius 3 is 0.734 bits per heavy atom. The Kier molecular flexibility index (Phi) is 61.4. The van der Waals surface area contributed by atoms with Crippen molar-refractivity contribution in [2.75, 3.05) is 13.2 Å². The van der Waals surface area contributed by atoms with E-state index in [-0.39, 0.29) is 37.5 Å². The van der Waals surface area contributed by atoms with Crippen molar-refractivity contribution in [3.05, 3.63) is 158 Å². The first-order chi connectivity index (χ1) is 39.0. The summed E-state index contributed by atoms with van der Waals surface area (Å²) in [6.07, 6.45) is 95.5. The first-order valence-corrected chi connectivity index (χ1v) is 32.0. The van der Waals surface area contributed by atoms with Crippen LogP contribution < -0.4 is 0 Å². The molecule has 444 valence electrons. The SMILES string of the molecule is CC/C=C\C/C=C\C/C=C\C/C=C\C/C=C\CCCCCCCCCCCCCCCCCC(=O)OCC(COC(=O)CCCC/C=C\C/C=C\C/C=C\C/C=C\CC)OC(=O)CCCC/C=C\C/C=C\C/C=C\C/C=C\CC. The molecule has 0 fully saturated rings. The van der Waals surface area contributed by atoms with E-state index in [1.807, 2.05) is 0 Å². The van der Waals surface area contributed by atoms with Crippen molar-refractivity contribution in [2.24, 2.45) is 0 Å². The van der Waals surface area contributed by atoms with Crippen LogP contribution in [0, 0.1) is 0 Å². The number of carbonyl (C=O) groups excluding carboxylic acids is 3. The van der Waals surface area contributed by atoms with Gasteiger partial charge in [-0.15, -0.1) is 0 Å². The molecule has 0 aromatic heterocycles. The Labute approximate surface area is 486 Å². The number of hydrogen-bond acceptors (Lipinski definition) is 6. The molecule has 0 aromatic carbocycles. The van der Waals surface area contributed by atoms with Crippen LogP contribution >= 0.6 is 0 Å². The molecule has 0 saturated carbocycles. The van der Waals surface area contributed by atoms with Gasteiger partial charge in [0.25, 0.3) is 0 Å². The molecule has 0 heterocycles. The third-order valence-electron chi connectivity index (χ3n) is 13.0. The number of carbonyl (C=O) groups is 3. The van der Waals surface area contributed by atoms with Crippen LogP contribution in [0.25, 0.3) is 0 Å². The summed E-state index contributed by atoms with van der Waals surface area (Å²) in [5, 5.41) is 0. The third kappa shape index (κ3) is 63.7. The Morgan fingerprint density at radius 1 is 0.253 bits per heavy atom. The maximum Gasteiger partial charge on any atom is 0.306 e. The largest absolute Gasteiger partial charge is 0.462 e. The molecule has 0 amide bonds. The number of rotatable bonds is 56. The molecule has 0 aliphatic heterocycles. The molecule has 0 aliphatic rings. The minimum absolute atomic E-state index is 0.113. The summed E-state index contributed by atoms with van der Waals surface area (Å²) in [4.78, 5) is 38.2. The smallest absolute Gasteiger partial charge is 0.306 e.